The molecule has 4 aromatic rings. The third-order valence-electron chi connectivity index (χ3n) is 6.56. The van der Waals surface area contributed by atoms with E-state index in [1.165, 1.54) is 18.3 Å². The van der Waals surface area contributed by atoms with Gasteiger partial charge in [0.2, 0.25) is 5.95 Å². The number of amides is 2. The number of aryl methyl sites for hydroxylation is 1. The number of nitrogens with zero attached hydrogens (tertiary/aromatic N) is 5. The van der Waals surface area contributed by atoms with Crippen molar-refractivity contribution in [2.45, 2.75) is 46.2 Å². The molecule has 2 aromatic carbocycles. The fraction of sp³-hybridized carbons (Fsp3) is 0.290. The van der Waals surface area contributed by atoms with Crippen LogP contribution in [-0.2, 0) is 11.3 Å². The maximum Gasteiger partial charge on any atom is 0.255 e. The van der Waals surface area contributed by atoms with Crippen LogP contribution in [0, 0.1) is 6.92 Å². The molecule has 1 atom stereocenters. The number of nitrogens with one attached hydrogen (secondary N) is 4. The molecule has 2 heterocycles. The number of amidine groups is 1. The van der Waals surface area contributed by atoms with Gasteiger partial charge in [0.1, 0.15) is 12.0 Å². The number of aromatic hydroxyl groups is 1. The maximum atomic E-state index is 12.8. The molecule has 0 saturated heterocycles. The van der Waals surface area contributed by atoms with Crippen LogP contribution in [0.4, 0.5) is 17.5 Å². The molecule has 0 spiro atoms. The number of hydrazone groups is 1. The number of hydrogen-bond donors (Lipinski definition) is 10. The number of anilines is 3. The van der Waals surface area contributed by atoms with E-state index in [4.69, 9.17) is 28.2 Å². The van der Waals surface area contributed by atoms with Crippen molar-refractivity contribution >= 4 is 52.6 Å². The molecule has 0 aliphatic rings. The molecule has 0 fully saturated rings. The van der Waals surface area contributed by atoms with Crippen LogP contribution < -0.4 is 44.5 Å². The number of fused-ring (bicyclic) bond motifs is 1. The summed E-state index contributed by atoms with van der Waals surface area (Å²) in [4.78, 5) is 53.7. The van der Waals surface area contributed by atoms with Gasteiger partial charge in [-0.2, -0.15) is 9.97 Å². The summed E-state index contributed by atoms with van der Waals surface area (Å²) in [7, 11) is 1.00. The molecular formula is C31H43N13O5. The number of aliphatic hydroxyl groups excluding tert-OH is 1. The Morgan fingerprint density at radius 3 is 2.39 bits per heavy atom. The molecule has 14 N–H and O–H groups in total. The van der Waals surface area contributed by atoms with E-state index < -0.39 is 11.9 Å². The van der Waals surface area contributed by atoms with E-state index in [0.717, 1.165) is 12.7 Å². The normalized spacial score (nSPS) is 11.2. The molecule has 0 aliphatic carbocycles. The molecule has 0 aliphatic heterocycles. The van der Waals surface area contributed by atoms with Crippen LogP contribution in [0.25, 0.3) is 11.2 Å². The Kier molecular flexibility index (Phi) is 15.5. The first-order valence-corrected chi connectivity index (χ1v) is 15.1. The Bertz CT molecular complexity index is 1770. The molecule has 0 bridgehead atoms. The number of carbonyl (C=O) groups excluding carboxylic acids is 3. The van der Waals surface area contributed by atoms with Crippen LogP contribution in [0.2, 0.25) is 0 Å². The zero-order valence-corrected chi connectivity index (χ0v) is 27.7. The molecule has 0 saturated carbocycles. The Labute approximate surface area is 282 Å². The lowest BCUT2D eigenvalue weighted by molar-refractivity contribution is -0.109. The van der Waals surface area contributed by atoms with Crippen LogP contribution in [0.15, 0.2) is 47.7 Å². The molecule has 2 amide bonds. The fourth-order valence-electron chi connectivity index (χ4n) is 4.33. The van der Waals surface area contributed by atoms with Crippen LogP contribution in [0.3, 0.4) is 0 Å². The van der Waals surface area contributed by atoms with E-state index >= 15 is 0 Å². The number of aldehydes is 1. The topological polar surface area (TPSA) is 308 Å². The predicted molar refractivity (Wildman–Crippen MR) is 187 cm³/mol. The van der Waals surface area contributed by atoms with Gasteiger partial charge < -0.3 is 48.2 Å². The van der Waals surface area contributed by atoms with Gasteiger partial charge in [0.25, 0.3) is 11.8 Å². The van der Waals surface area contributed by atoms with Crippen molar-refractivity contribution in [3.63, 3.8) is 0 Å². The van der Waals surface area contributed by atoms with Crippen molar-refractivity contribution in [2.24, 2.45) is 16.7 Å². The zero-order valence-electron chi connectivity index (χ0n) is 27.7. The van der Waals surface area contributed by atoms with Gasteiger partial charge in [0.15, 0.2) is 22.8 Å². The predicted octanol–water partition coefficient (Wildman–Crippen LogP) is 0.436. The number of carbonyl (C=O) groups is 3. The van der Waals surface area contributed by atoms with Gasteiger partial charge in [-0.3, -0.25) is 9.59 Å². The number of nitrogens with two attached hydrogens (primary N) is 4. The minimum absolute atomic E-state index is 0.00433. The lowest BCUT2D eigenvalue weighted by Crippen LogP contribution is -2.37. The second kappa shape index (κ2) is 19.5. The Hall–Kier alpha value is -6.14. The molecule has 4 rings (SSSR count). The highest BCUT2D eigenvalue weighted by atomic mass is 16.3. The first-order chi connectivity index (χ1) is 23.6. The number of benzene rings is 2. The van der Waals surface area contributed by atoms with E-state index in [1.807, 2.05) is 20.8 Å². The first kappa shape index (κ1) is 39.0. The minimum Gasteiger partial charge on any atom is -0.507 e. The second-order valence-electron chi connectivity index (χ2n) is 9.88. The molecule has 1 unspecified atom stereocenters. The second-order valence-corrected chi connectivity index (χ2v) is 9.88. The van der Waals surface area contributed by atoms with E-state index in [-0.39, 0.29) is 60.0 Å². The Morgan fingerprint density at radius 1 is 1.00 bits per heavy atom. The number of hydrogen-bond acceptors (Lipinski definition) is 15. The van der Waals surface area contributed by atoms with Gasteiger partial charge in [-0.15, -0.1) is 5.10 Å². The monoisotopic (exact) mass is 677 g/mol. The molecule has 18 nitrogen and oxygen atoms in total. The standard InChI is InChI=1S/C28H33N13O4.C2H6.CH4O/c1-14-4-6-18(20(9-14)23(29)40-41-32)26(44)33-8-2-3-16(13-42)37-27(45)19-7-5-15(10-21(19)43)34-11-17-12-35-25-22(36-17)24(30)38-28(31)39-25;2*1-2/h4-7,9-10,12-13,16,34,41,43H,2-3,8,11,32H2,1H3,(H2,29,40)(H,33,44)(H,37,45)(H4,30,31,35,38,39);1-2H3;2H,1H3. The Balaban J connectivity index is 0.00000201. The van der Waals surface area contributed by atoms with E-state index in [9.17, 15) is 19.5 Å². The molecular weight excluding hydrogens is 634 g/mol. The average Bonchev–Trinajstić information content (AvgIpc) is 3.10. The van der Waals surface area contributed by atoms with E-state index in [0.29, 0.717) is 40.7 Å². The summed E-state index contributed by atoms with van der Waals surface area (Å²) in [6, 6.07) is 8.63. The third-order valence-corrected chi connectivity index (χ3v) is 6.56. The Morgan fingerprint density at radius 2 is 1.71 bits per heavy atom. The van der Waals surface area contributed by atoms with Gasteiger partial charge in [0, 0.05) is 31.0 Å². The summed E-state index contributed by atoms with van der Waals surface area (Å²) in [6.45, 7) is 6.29. The van der Waals surface area contributed by atoms with Crippen LogP contribution in [0.1, 0.15) is 64.2 Å². The van der Waals surface area contributed by atoms with Crippen LogP contribution >= 0.6 is 0 Å². The SMILES string of the molecule is CC.CO.Cc1ccc(C(=O)NCCCC(C=O)NC(=O)c2ccc(NCc3cnc4nc(N)nc(N)c4n3)cc2O)c(/C(N)=N/NN)c1. The number of hydrazine groups is 1. The summed E-state index contributed by atoms with van der Waals surface area (Å²) in [5.41, 5.74) is 22.6. The number of aromatic nitrogens is 4. The van der Waals surface area contributed by atoms with Gasteiger partial charge in [-0.1, -0.05) is 25.5 Å². The smallest absolute Gasteiger partial charge is 0.255 e. The summed E-state index contributed by atoms with van der Waals surface area (Å²) in [5, 5.41) is 29.7. The average molecular weight is 678 g/mol. The maximum absolute atomic E-state index is 12.8. The van der Waals surface area contributed by atoms with Crippen molar-refractivity contribution in [2.75, 3.05) is 30.4 Å². The quantitative estimate of drug-likeness (QED) is 0.0229. The van der Waals surface area contributed by atoms with Crippen molar-refractivity contribution in [1.29, 1.82) is 0 Å². The van der Waals surface area contributed by atoms with Crippen LogP contribution in [-0.4, -0.2) is 73.8 Å². The number of rotatable bonds is 13. The van der Waals surface area contributed by atoms with Gasteiger partial charge in [-0.25, -0.2) is 21.3 Å². The number of nitrogen functional groups attached to an aromatic ring is 2. The van der Waals surface area contributed by atoms with Crippen molar-refractivity contribution in [3.8, 4) is 5.75 Å². The summed E-state index contributed by atoms with van der Waals surface area (Å²) < 4.78 is 0. The zero-order chi connectivity index (χ0) is 36.5. The third kappa shape index (κ3) is 11.0. The minimum atomic E-state index is -0.849. The molecule has 0 radical (unpaired) electrons. The van der Waals surface area contributed by atoms with Crippen molar-refractivity contribution in [3.05, 3.63) is 70.5 Å². The molecule has 18 heteroatoms. The highest BCUT2D eigenvalue weighted by Crippen LogP contribution is 2.23. The van der Waals surface area contributed by atoms with Crippen molar-refractivity contribution in [1.82, 2.24) is 36.1 Å². The lowest BCUT2D eigenvalue weighted by atomic mass is 10.0. The summed E-state index contributed by atoms with van der Waals surface area (Å²) >= 11 is 0. The number of phenols is 1. The molecule has 2 aromatic heterocycles. The summed E-state index contributed by atoms with van der Waals surface area (Å²) in [5.74, 6) is 4.03. The van der Waals surface area contributed by atoms with E-state index in [1.54, 1.807) is 24.3 Å². The number of phenolic OH excluding ortho intramolecular Hbond substituents is 1. The molecule has 262 valence electrons. The summed E-state index contributed by atoms with van der Waals surface area (Å²) in [6.07, 6.45) is 2.71. The van der Waals surface area contributed by atoms with Gasteiger partial charge >= 0.3 is 0 Å². The highest BCUT2D eigenvalue weighted by molar-refractivity contribution is 6.08. The molecule has 49 heavy (non-hydrogen) atoms. The fourth-order valence-corrected chi connectivity index (χ4v) is 4.33. The van der Waals surface area contributed by atoms with Crippen LogP contribution in [0.5, 0.6) is 5.75 Å². The first-order valence-electron chi connectivity index (χ1n) is 15.1. The lowest BCUT2D eigenvalue weighted by Gasteiger charge is -2.15. The highest BCUT2D eigenvalue weighted by Gasteiger charge is 2.18. The van der Waals surface area contributed by atoms with Gasteiger partial charge in [0.05, 0.1) is 35.6 Å². The number of aliphatic hydroxyl groups is 1. The van der Waals surface area contributed by atoms with Gasteiger partial charge in [-0.05, 0) is 44.0 Å². The van der Waals surface area contributed by atoms with Crippen molar-refractivity contribution < 1.29 is 24.6 Å². The van der Waals surface area contributed by atoms with E-state index in [2.05, 4.69) is 46.5 Å². The largest absolute Gasteiger partial charge is 0.507 e.